The molecule has 0 saturated carbocycles. The Hall–Kier alpha value is -5.90. The number of ether oxygens (including phenoxy) is 1. The lowest BCUT2D eigenvalue weighted by molar-refractivity contribution is -0.711. The summed E-state index contributed by atoms with van der Waals surface area (Å²) < 4.78 is 44.8. The number of hydrazine groups is 1. The lowest BCUT2D eigenvalue weighted by atomic mass is 10.2. The van der Waals surface area contributed by atoms with Crippen LogP contribution in [0, 0.1) is 10.1 Å². The van der Waals surface area contributed by atoms with Gasteiger partial charge in [-0.25, -0.2) is 4.79 Å². The van der Waals surface area contributed by atoms with Crippen LogP contribution in [-0.2, 0) is 6.18 Å². The smallest absolute Gasteiger partial charge is 0.417 e. The number of rotatable bonds is 8. The third kappa shape index (κ3) is 8.56. The first-order chi connectivity index (χ1) is 20.9. The van der Waals surface area contributed by atoms with Crippen LogP contribution in [0.3, 0.4) is 0 Å². The molecule has 0 fully saturated rings. The van der Waals surface area contributed by atoms with Gasteiger partial charge < -0.3 is 15.4 Å². The van der Waals surface area contributed by atoms with Crippen LogP contribution in [0.1, 0.15) is 26.4 Å². The van der Waals surface area contributed by atoms with E-state index in [1.165, 1.54) is 66.9 Å². The summed E-state index contributed by atoms with van der Waals surface area (Å²) >= 11 is 5.59. The fraction of sp³-hybridized carbons (Fsp3) is 0.0370. The van der Waals surface area contributed by atoms with Gasteiger partial charge in [-0.05, 0) is 66.7 Å². The zero-order valence-corrected chi connectivity index (χ0v) is 22.6. The molecule has 1 aromatic heterocycles. The maximum Gasteiger partial charge on any atom is 0.417 e. The number of hydrogen-bond acceptors (Lipinski definition) is 8. The van der Waals surface area contributed by atoms with E-state index in [0.717, 1.165) is 12.1 Å². The lowest BCUT2D eigenvalue weighted by Gasteiger charge is -2.13. The molecule has 0 saturated heterocycles. The van der Waals surface area contributed by atoms with E-state index in [1.807, 2.05) is 0 Å². The summed E-state index contributed by atoms with van der Waals surface area (Å²) in [5, 5.41) is 13.7. The van der Waals surface area contributed by atoms with Crippen LogP contribution < -0.4 is 31.1 Å². The summed E-state index contributed by atoms with van der Waals surface area (Å²) in [4.78, 5) is 55.8. The minimum Gasteiger partial charge on any atom is -0.457 e. The molecular weight excluding hydrogens is 613 g/mol. The van der Waals surface area contributed by atoms with Crippen LogP contribution in [0.15, 0.2) is 85.1 Å². The second kappa shape index (κ2) is 13.4. The minimum atomic E-state index is -4.69. The van der Waals surface area contributed by atoms with Crippen molar-refractivity contribution in [3.63, 3.8) is 0 Å². The third-order valence-corrected chi connectivity index (χ3v) is 5.74. The predicted molar refractivity (Wildman–Crippen MR) is 149 cm³/mol. The molecule has 44 heavy (non-hydrogen) atoms. The molecule has 0 aliphatic carbocycles. The first kappa shape index (κ1) is 31.0. The monoisotopic (exact) mass is 630 g/mol. The number of alkyl halides is 3. The second-order valence-electron chi connectivity index (χ2n) is 8.53. The molecule has 1 heterocycles. The van der Waals surface area contributed by atoms with Crippen LogP contribution in [0.4, 0.5) is 29.3 Å². The number of pyridine rings is 1. The van der Waals surface area contributed by atoms with Crippen LogP contribution in [-0.4, -0.2) is 27.9 Å². The van der Waals surface area contributed by atoms with Gasteiger partial charge in [-0.15, -0.1) is 10.1 Å². The van der Waals surface area contributed by atoms with Gasteiger partial charge in [0.25, 0.3) is 16.9 Å². The van der Waals surface area contributed by atoms with Crippen LogP contribution in [0.2, 0.25) is 5.02 Å². The molecule has 4 aromatic rings. The largest absolute Gasteiger partial charge is 0.457 e. The molecule has 226 valence electrons. The fourth-order valence-corrected chi connectivity index (χ4v) is 3.71. The third-order valence-electron chi connectivity index (χ3n) is 5.41. The van der Waals surface area contributed by atoms with Crippen molar-refractivity contribution >= 4 is 40.8 Å². The Morgan fingerprint density at radius 2 is 1.50 bits per heavy atom. The number of anilines is 2. The van der Waals surface area contributed by atoms with Gasteiger partial charge >= 0.3 is 12.2 Å². The summed E-state index contributed by atoms with van der Waals surface area (Å²) in [5.41, 5.74) is 3.26. The van der Waals surface area contributed by atoms with E-state index in [2.05, 4.69) is 31.3 Å². The molecule has 4 amide bonds. The number of nitrogens with one attached hydrogen (secondary N) is 4. The van der Waals surface area contributed by atoms with E-state index in [0.29, 0.717) is 17.5 Å². The number of hydrogen-bond donors (Lipinski definition) is 4. The van der Waals surface area contributed by atoms with Gasteiger partial charge in [0.05, 0.1) is 10.6 Å². The first-order valence-electron chi connectivity index (χ1n) is 12.1. The van der Waals surface area contributed by atoms with Crippen molar-refractivity contribution in [1.82, 2.24) is 15.8 Å². The number of halogens is 4. The Labute approximate surface area is 250 Å². The van der Waals surface area contributed by atoms with Crippen molar-refractivity contribution in [2.75, 3.05) is 10.6 Å². The Morgan fingerprint density at radius 1 is 0.818 bits per heavy atom. The zero-order valence-electron chi connectivity index (χ0n) is 21.8. The molecular formula is C27H18ClF3N6O7. The van der Waals surface area contributed by atoms with Crippen molar-refractivity contribution in [2.24, 2.45) is 0 Å². The summed E-state index contributed by atoms with van der Waals surface area (Å²) in [7, 11) is 0. The van der Waals surface area contributed by atoms with Crippen molar-refractivity contribution in [2.45, 2.75) is 6.18 Å². The number of benzene rings is 3. The van der Waals surface area contributed by atoms with E-state index in [1.54, 1.807) is 0 Å². The Morgan fingerprint density at radius 3 is 2.20 bits per heavy atom. The number of nitrogens with zero attached hydrogens (tertiary/aromatic N) is 2. The van der Waals surface area contributed by atoms with Crippen molar-refractivity contribution in [3.05, 3.63) is 117 Å². The number of aromatic nitrogens is 1. The number of carbonyl (C=O) groups excluding carboxylic acids is 3. The molecule has 4 N–H and O–H groups in total. The highest BCUT2D eigenvalue weighted by molar-refractivity contribution is 6.31. The molecule has 0 atom stereocenters. The molecule has 0 aliphatic heterocycles. The Balaban J connectivity index is 1.31. The van der Waals surface area contributed by atoms with Gasteiger partial charge in [0.2, 0.25) is 0 Å². The molecule has 13 nitrogen and oxygen atoms in total. The Bertz CT molecular complexity index is 1720. The van der Waals surface area contributed by atoms with Crippen LogP contribution >= 0.6 is 11.6 Å². The van der Waals surface area contributed by atoms with Gasteiger partial charge in [-0.3, -0.25) is 30.3 Å². The topological polar surface area (TPSA) is 174 Å². The van der Waals surface area contributed by atoms with Crippen LogP contribution in [0.5, 0.6) is 17.2 Å². The quantitative estimate of drug-likeness (QED) is 0.139. The maximum atomic E-state index is 13.0. The summed E-state index contributed by atoms with van der Waals surface area (Å²) in [6.45, 7) is 0. The van der Waals surface area contributed by atoms with E-state index >= 15 is 0 Å². The van der Waals surface area contributed by atoms with Gasteiger partial charge in [0.1, 0.15) is 22.9 Å². The average Bonchev–Trinajstić information content (AvgIpc) is 2.97. The second-order valence-corrected chi connectivity index (χ2v) is 8.93. The van der Waals surface area contributed by atoms with Gasteiger partial charge in [0, 0.05) is 29.2 Å². The minimum absolute atomic E-state index is 0.0225. The summed E-state index contributed by atoms with van der Waals surface area (Å²) in [6, 6.07) is 15.9. The van der Waals surface area contributed by atoms with Gasteiger partial charge in [-0.2, -0.15) is 13.2 Å². The molecule has 0 radical (unpaired) electrons. The lowest BCUT2D eigenvalue weighted by Crippen LogP contribution is -2.41. The van der Waals surface area contributed by atoms with Crippen LogP contribution in [0.25, 0.3) is 0 Å². The number of carbonyl (C=O) groups is 3. The molecule has 0 spiro atoms. The number of urea groups is 1. The summed E-state index contributed by atoms with van der Waals surface area (Å²) in [5.74, 6) is -1.27. The molecule has 4 rings (SSSR count). The van der Waals surface area contributed by atoms with E-state index < -0.39 is 39.7 Å². The zero-order chi connectivity index (χ0) is 31.9. The summed E-state index contributed by atoms with van der Waals surface area (Å²) in [6.07, 6.45) is -3.41. The fourth-order valence-electron chi connectivity index (χ4n) is 3.48. The predicted octanol–water partition coefficient (Wildman–Crippen LogP) is 5.84. The van der Waals surface area contributed by atoms with E-state index in [-0.39, 0.29) is 28.4 Å². The number of amides is 4. The SMILES string of the molecule is O=C(Nc1ccc(Oc2ccnc(C(=O)NNC(=O)c3cccc(O[N+](=O)[O-])c3)c2)cc1)Nc1ccc(Cl)c(C(F)(F)F)c1. The first-order valence-corrected chi connectivity index (χ1v) is 12.5. The molecule has 0 aliphatic rings. The van der Waals surface area contributed by atoms with Crippen molar-refractivity contribution in [3.8, 4) is 17.2 Å². The van der Waals surface area contributed by atoms with Crippen molar-refractivity contribution < 1.29 is 42.2 Å². The average molecular weight is 631 g/mol. The van der Waals surface area contributed by atoms with Gasteiger partial charge in [0.15, 0.2) is 0 Å². The highest BCUT2D eigenvalue weighted by Gasteiger charge is 2.33. The molecule has 0 bridgehead atoms. The maximum absolute atomic E-state index is 13.0. The molecule has 0 unspecified atom stereocenters. The van der Waals surface area contributed by atoms with Crippen molar-refractivity contribution in [1.29, 1.82) is 0 Å². The van der Waals surface area contributed by atoms with E-state index in [4.69, 9.17) is 16.3 Å². The Kier molecular flexibility index (Phi) is 9.44. The highest BCUT2D eigenvalue weighted by atomic mass is 35.5. The normalized spacial score (nSPS) is 10.7. The molecule has 3 aromatic carbocycles. The van der Waals surface area contributed by atoms with Gasteiger partial charge in [-0.1, -0.05) is 17.7 Å². The standard InChI is InChI=1S/C27H18ClF3N6O7/c28-22-9-6-17(13-21(22)27(29,30)31)34-26(40)33-16-4-7-18(8-5-16)43-19-10-11-32-23(14-19)25(39)36-35-24(38)15-2-1-3-20(12-15)44-37(41)42/h1-14H,(H,35,38)(H,36,39)(H2,33,34,40). The molecule has 17 heteroatoms. The highest BCUT2D eigenvalue weighted by Crippen LogP contribution is 2.36. The van der Waals surface area contributed by atoms with E-state index in [9.17, 15) is 37.7 Å².